The van der Waals surface area contributed by atoms with Gasteiger partial charge >= 0.3 is 0 Å². The van der Waals surface area contributed by atoms with E-state index in [2.05, 4.69) is 26.3 Å². The van der Waals surface area contributed by atoms with Gasteiger partial charge in [-0.15, -0.1) is 0 Å². The number of hydrogen-bond donors (Lipinski definition) is 1. The summed E-state index contributed by atoms with van der Waals surface area (Å²) in [7, 11) is -1.52. The SMILES string of the molecule is Cc1nn(C)c2c1/C=C(/S(C)(=O)=O)CC(NCc1ccc(Br)cc1)CO2. The van der Waals surface area contributed by atoms with Gasteiger partial charge in [-0.25, -0.2) is 13.1 Å². The van der Waals surface area contributed by atoms with E-state index < -0.39 is 9.84 Å². The molecule has 1 N–H and O–H groups in total. The third-order valence-corrected chi connectivity index (χ3v) is 6.14. The molecule has 0 aliphatic carbocycles. The summed E-state index contributed by atoms with van der Waals surface area (Å²) in [4.78, 5) is 0.395. The van der Waals surface area contributed by atoms with Crippen molar-refractivity contribution in [3.63, 3.8) is 0 Å². The Bertz CT molecular complexity index is 933. The zero-order chi connectivity index (χ0) is 18.9. The van der Waals surface area contributed by atoms with Gasteiger partial charge in [0.1, 0.15) is 6.61 Å². The molecule has 8 heteroatoms. The highest BCUT2D eigenvalue weighted by Crippen LogP contribution is 2.29. The Morgan fingerprint density at radius 3 is 2.69 bits per heavy atom. The first-order valence-corrected chi connectivity index (χ1v) is 11.0. The molecule has 140 valence electrons. The van der Waals surface area contributed by atoms with Crippen LogP contribution < -0.4 is 10.1 Å². The van der Waals surface area contributed by atoms with Gasteiger partial charge in [0, 0.05) is 41.7 Å². The summed E-state index contributed by atoms with van der Waals surface area (Å²) in [6.07, 6.45) is 3.32. The van der Waals surface area contributed by atoms with E-state index >= 15 is 0 Å². The molecule has 1 aliphatic rings. The first-order chi connectivity index (χ1) is 12.2. The van der Waals surface area contributed by atoms with E-state index in [4.69, 9.17) is 4.74 Å². The fraction of sp³-hybridized carbons (Fsp3) is 0.389. The maximum Gasteiger partial charge on any atom is 0.219 e. The van der Waals surface area contributed by atoms with Crippen LogP contribution in [-0.4, -0.2) is 37.1 Å². The van der Waals surface area contributed by atoms with Crippen LogP contribution in [0.2, 0.25) is 0 Å². The molecule has 0 saturated heterocycles. The van der Waals surface area contributed by atoms with E-state index in [0.29, 0.717) is 30.4 Å². The molecule has 1 aliphatic heterocycles. The molecule has 0 saturated carbocycles. The highest BCUT2D eigenvalue weighted by molar-refractivity contribution is 9.10. The Labute approximate surface area is 162 Å². The lowest BCUT2D eigenvalue weighted by Gasteiger charge is -2.23. The first-order valence-electron chi connectivity index (χ1n) is 8.29. The van der Waals surface area contributed by atoms with Crippen molar-refractivity contribution in [2.45, 2.75) is 25.9 Å². The van der Waals surface area contributed by atoms with E-state index in [1.54, 1.807) is 17.8 Å². The molecule has 0 bridgehead atoms. The number of nitrogens with one attached hydrogen (secondary N) is 1. The molecule has 0 fully saturated rings. The lowest BCUT2D eigenvalue weighted by molar-refractivity contribution is 0.242. The second-order valence-corrected chi connectivity index (χ2v) is 9.51. The van der Waals surface area contributed by atoms with Gasteiger partial charge in [-0.05, 0) is 30.7 Å². The van der Waals surface area contributed by atoms with Gasteiger partial charge in [0.05, 0.1) is 11.3 Å². The molecule has 2 heterocycles. The van der Waals surface area contributed by atoms with E-state index in [-0.39, 0.29) is 6.04 Å². The van der Waals surface area contributed by atoms with Gasteiger partial charge in [0.15, 0.2) is 9.84 Å². The fourth-order valence-electron chi connectivity index (χ4n) is 2.95. The molecule has 1 aromatic carbocycles. The summed E-state index contributed by atoms with van der Waals surface area (Å²) < 4.78 is 33.2. The number of aromatic nitrogens is 2. The summed E-state index contributed by atoms with van der Waals surface area (Å²) >= 11 is 3.42. The molecule has 3 rings (SSSR count). The lowest BCUT2D eigenvalue weighted by Crippen LogP contribution is -2.36. The number of rotatable bonds is 4. The maximum absolute atomic E-state index is 12.3. The van der Waals surface area contributed by atoms with E-state index in [1.807, 2.05) is 31.2 Å². The quantitative estimate of drug-likeness (QED) is 0.792. The van der Waals surface area contributed by atoms with Crippen LogP contribution in [0.15, 0.2) is 33.6 Å². The summed E-state index contributed by atoms with van der Waals surface area (Å²) in [6, 6.07) is 7.90. The molecule has 26 heavy (non-hydrogen) atoms. The lowest BCUT2D eigenvalue weighted by atomic mass is 10.1. The molecular formula is C18H22BrN3O3S. The Hall–Kier alpha value is -1.64. The molecular weight excluding hydrogens is 418 g/mol. The van der Waals surface area contributed by atoms with Crippen LogP contribution in [0.3, 0.4) is 0 Å². The number of hydrogen-bond acceptors (Lipinski definition) is 5. The number of ether oxygens (including phenoxy) is 1. The largest absolute Gasteiger partial charge is 0.476 e. The maximum atomic E-state index is 12.3. The molecule has 1 atom stereocenters. The van der Waals surface area contributed by atoms with Gasteiger partial charge < -0.3 is 10.1 Å². The Morgan fingerprint density at radius 1 is 1.35 bits per heavy atom. The van der Waals surface area contributed by atoms with Crippen molar-refractivity contribution < 1.29 is 13.2 Å². The van der Waals surface area contributed by atoms with Gasteiger partial charge in [-0.2, -0.15) is 5.10 Å². The van der Waals surface area contributed by atoms with E-state index in [0.717, 1.165) is 21.3 Å². The fourth-order valence-corrected chi connectivity index (χ4v) is 4.05. The first kappa shape index (κ1) is 19.1. The van der Waals surface area contributed by atoms with Crippen LogP contribution in [-0.2, 0) is 23.4 Å². The molecule has 0 amide bonds. The Morgan fingerprint density at radius 2 is 2.04 bits per heavy atom. The van der Waals surface area contributed by atoms with Crippen molar-refractivity contribution >= 4 is 31.8 Å². The minimum Gasteiger partial charge on any atom is -0.476 e. The molecule has 0 spiro atoms. The van der Waals surface area contributed by atoms with Crippen LogP contribution in [0.5, 0.6) is 5.88 Å². The molecule has 0 radical (unpaired) electrons. The minimum atomic E-state index is -3.31. The number of aryl methyl sites for hydroxylation is 2. The summed E-state index contributed by atoms with van der Waals surface area (Å²) in [5.41, 5.74) is 2.61. The van der Waals surface area contributed by atoms with Crippen LogP contribution in [0.4, 0.5) is 0 Å². The highest BCUT2D eigenvalue weighted by atomic mass is 79.9. The summed E-state index contributed by atoms with van der Waals surface area (Å²) in [5.74, 6) is 0.596. The number of fused-ring (bicyclic) bond motifs is 1. The van der Waals surface area contributed by atoms with Gasteiger partial charge in [0.25, 0.3) is 0 Å². The van der Waals surface area contributed by atoms with Crippen LogP contribution in [0.25, 0.3) is 6.08 Å². The predicted molar refractivity (Wildman–Crippen MR) is 106 cm³/mol. The van der Waals surface area contributed by atoms with Crippen LogP contribution in [0, 0.1) is 6.92 Å². The summed E-state index contributed by atoms with van der Waals surface area (Å²) in [5, 5.41) is 7.76. The predicted octanol–water partition coefficient (Wildman–Crippen LogP) is 2.82. The normalized spacial score (nSPS) is 19.7. The van der Waals surface area contributed by atoms with Crippen molar-refractivity contribution in [2.24, 2.45) is 7.05 Å². The Kier molecular flexibility index (Phi) is 5.55. The Balaban J connectivity index is 1.84. The molecule has 1 unspecified atom stereocenters. The molecule has 2 aromatic rings. The second kappa shape index (κ2) is 7.54. The smallest absolute Gasteiger partial charge is 0.219 e. The monoisotopic (exact) mass is 439 g/mol. The van der Waals surface area contributed by atoms with Crippen LogP contribution >= 0.6 is 15.9 Å². The zero-order valence-corrected chi connectivity index (χ0v) is 17.4. The number of benzene rings is 1. The summed E-state index contributed by atoms with van der Waals surface area (Å²) in [6.45, 7) is 2.86. The average Bonchev–Trinajstić information content (AvgIpc) is 2.79. The van der Waals surface area contributed by atoms with Crippen molar-refractivity contribution in [1.82, 2.24) is 15.1 Å². The third-order valence-electron chi connectivity index (χ3n) is 4.37. The third kappa shape index (κ3) is 4.36. The van der Waals surface area contributed by atoms with Gasteiger partial charge in [0.2, 0.25) is 5.88 Å². The van der Waals surface area contributed by atoms with Crippen molar-refractivity contribution in [3.8, 4) is 5.88 Å². The van der Waals surface area contributed by atoms with Crippen LogP contribution in [0.1, 0.15) is 23.2 Å². The number of nitrogens with zero attached hydrogens (tertiary/aromatic N) is 2. The second-order valence-electron chi connectivity index (χ2n) is 6.53. The molecule has 6 nitrogen and oxygen atoms in total. The highest BCUT2D eigenvalue weighted by Gasteiger charge is 2.25. The average molecular weight is 440 g/mol. The topological polar surface area (TPSA) is 73.2 Å². The standard InChI is InChI=1S/C18H22BrN3O3S/c1-12-17-9-16(26(3,23)24)8-15(11-25-18(17)22(2)21-12)20-10-13-4-6-14(19)7-5-13/h4-7,9,15,20H,8,10-11H2,1-3H3/b16-9+. The number of sulfone groups is 1. The number of halogens is 1. The van der Waals surface area contributed by atoms with Crippen molar-refractivity contribution in [3.05, 3.63) is 50.5 Å². The van der Waals surface area contributed by atoms with Gasteiger partial charge in [-0.3, -0.25) is 0 Å². The minimum absolute atomic E-state index is 0.122. The zero-order valence-electron chi connectivity index (χ0n) is 15.0. The molecule has 1 aromatic heterocycles. The van der Waals surface area contributed by atoms with Gasteiger partial charge in [-0.1, -0.05) is 28.1 Å². The van der Waals surface area contributed by atoms with E-state index in [1.165, 1.54) is 6.26 Å². The van der Waals surface area contributed by atoms with Crippen molar-refractivity contribution in [1.29, 1.82) is 0 Å². The van der Waals surface area contributed by atoms with Crippen molar-refractivity contribution in [2.75, 3.05) is 12.9 Å². The van der Waals surface area contributed by atoms with E-state index in [9.17, 15) is 8.42 Å².